The molecule has 3 nitrogen and oxygen atoms in total. The van der Waals surface area contributed by atoms with Gasteiger partial charge in [-0.25, -0.2) is 0 Å². The van der Waals surface area contributed by atoms with Crippen molar-refractivity contribution < 1.29 is 9.90 Å². The van der Waals surface area contributed by atoms with Gasteiger partial charge in [0.1, 0.15) is 5.75 Å². The third kappa shape index (κ3) is 1.88. The van der Waals surface area contributed by atoms with Crippen molar-refractivity contribution in [3.8, 4) is 5.75 Å². The third-order valence-corrected chi connectivity index (χ3v) is 2.31. The van der Waals surface area contributed by atoms with E-state index in [0.717, 1.165) is 10.8 Å². The number of benzene rings is 2. The average molecular weight is 213 g/mol. The molecule has 80 valence electrons. The topological polar surface area (TPSA) is 49.3 Å². The van der Waals surface area contributed by atoms with Crippen LogP contribution >= 0.6 is 0 Å². The van der Waals surface area contributed by atoms with E-state index in [0.29, 0.717) is 5.69 Å². The smallest absolute Gasteiger partial charge is 0.247 e. The lowest BCUT2D eigenvalue weighted by Gasteiger charge is -2.05. The Morgan fingerprint density at radius 3 is 2.88 bits per heavy atom. The second-order valence-corrected chi connectivity index (χ2v) is 3.41. The normalized spacial score (nSPS) is 10.0. The molecule has 0 saturated carbocycles. The first-order chi connectivity index (χ1) is 7.70. The fraction of sp³-hybridized carbons (Fsp3) is 0. The molecule has 1 amide bonds. The number of amides is 1. The third-order valence-electron chi connectivity index (χ3n) is 2.31. The van der Waals surface area contributed by atoms with Gasteiger partial charge >= 0.3 is 0 Å². The van der Waals surface area contributed by atoms with Crippen molar-refractivity contribution >= 4 is 22.4 Å². The summed E-state index contributed by atoms with van der Waals surface area (Å²) in [7, 11) is 0. The molecule has 3 heteroatoms. The van der Waals surface area contributed by atoms with E-state index in [4.69, 9.17) is 0 Å². The molecule has 0 fully saturated rings. The van der Waals surface area contributed by atoms with E-state index >= 15 is 0 Å². The summed E-state index contributed by atoms with van der Waals surface area (Å²) >= 11 is 0. The summed E-state index contributed by atoms with van der Waals surface area (Å²) in [5.41, 5.74) is 0.683. The zero-order valence-corrected chi connectivity index (χ0v) is 8.60. The molecule has 2 rings (SSSR count). The van der Waals surface area contributed by atoms with Crippen molar-refractivity contribution in [2.75, 3.05) is 5.32 Å². The van der Waals surface area contributed by atoms with E-state index < -0.39 is 0 Å². The number of hydrogen-bond donors (Lipinski definition) is 2. The van der Waals surface area contributed by atoms with Crippen molar-refractivity contribution in [2.24, 2.45) is 0 Å². The molecule has 0 saturated heterocycles. The van der Waals surface area contributed by atoms with Crippen LogP contribution in [-0.2, 0) is 4.79 Å². The van der Waals surface area contributed by atoms with Crippen molar-refractivity contribution in [2.45, 2.75) is 0 Å². The zero-order valence-electron chi connectivity index (χ0n) is 8.60. The largest absolute Gasteiger partial charge is 0.507 e. The van der Waals surface area contributed by atoms with Crippen LogP contribution in [-0.4, -0.2) is 11.0 Å². The van der Waals surface area contributed by atoms with Crippen molar-refractivity contribution in [3.05, 3.63) is 49.1 Å². The highest BCUT2D eigenvalue weighted by molar-refractivity contribution is 6.01. The van der Waals surface area contributed by atoms with Crippen molar-refractivity contribution in [1.82, 2.24) is 0 Å². The fourth-order valence-electron chi connectivity index (χ4n) is 1.54. The molecule has 0 bridgehead atoms. The van der Waals surface area contributed by atoms with Gasteiger partial charge in [0.25, 0.3) is 0 Å². The highest BCUT2D eigenvalue weighted by Gasteiger charge is 2.01. The van der Waals surface area contributed by atoms with Gasteiger partial charge in [-0.1, -0.05) is 18.7 Å². The van der Waals surface area contributed by atoms with E-state index in [1.807, 2.05) is 6.07 Å². The maximum Gasteiger partial charge on any atom is 0.247 e. The molecule has 2 aromatic rings. The van der Waals surface area contributed by atoms with Crippen LogP contribution in [0.2, 0.25) is 0 Å². The Labute approximate surface area is 93.0 Å². The Morgan fingerprint density at radius 1 is 1.31 bits per heavy atom. The van der Waals surface area contributed by atoms with Gasteiger partial charge in [-0.15, -0.1) is 0 Å². The Balaban J connectivity index is 2.44. The molecule has 2 N–H and O–H groups in total. The number of carbonyl (C=O) groups excluding carboxylic acids is 1. The van der Waals surface area contributed by atoms with Crippen LogP contribution in [0.25, 0.3) is 10.8 Å². The van der Waals surface area contributed by atoms with Gasteiger partial charge in [-0.2, -0.15) is 0 Å². The van der Waals surface area contributed by atoms with Crippen molar-refractivity contribution in [3.63, 3.8) is 0 Å². The Morgan fingerprint density at radius 2 is 2.12 bits per heavy atom. The predicted molar refractivity (Wildman–Crippen MR) is 64.4 cm³/mol. The molecule has 16 heavy (non-hydrogen) atoms. The molecule has 0 aromatic heterocycles. The fourth-order valence-corrected chi connectivity index (χ4v) is 1.54. The highest BCUT2D eigenvalue weighted by Crippen LogP contribution is 2.26. The molecule has 0 aliphatic rings. The second-order valence-electron chi connectivity index (χ2n) is 3.41. The van der Waals surface area contributed by atoms with Crippen LogP contribution in [0.4, 0.5) is 5.69 Å². The van der Waals surface area contributed by atoms with E-state index in [-0.39, 0.29) is 11.7 Å². The highest BCUT2D eigenvalue weighted by atomic mass is 16.3. The summed E-state index contributed by atoms with van der Waals surface area (Å²) in [4.78, 5) is 11.1. The number of nitrogens with one attached hydrogen (secondary N) is 1. The van der Waals surface area contributed by atoms with Crippen LogP contribution in [0.3, 0.4) is 0 Å². The summed E-state index contributed by atoms with van der Waals surface area (Å²) in [5.74, 6) is -0.0152. The van der Waals surface area contributed by atoms with Crippen LogP contribution in [0.5, 0.6) is 5.75 Å². The lowest BCUT2D eigenvalue weighted by molar-refractivity contribution is -0.111. The molecular formula is C13H11NO2. The number of carbonyl (C=O) groups is 1. The molecule has 2 aromatic carbocycles. The van der Waals surface area contributed by atoms with E-state index in [2.05, 4.69) is 11.9 Å². The van der Waals surface area contributed by atoms with Gasteiger partial charge in [-0.05, 0) is 35.7 Å². The van der Waals surface area contributed by atoms with E-state index in [1.54, 1.807) is 30.3 Å². The minimum atomic E-state index is -0.250. The van der Waals surface area contributed by atoms with Gasteiger partial charge in [0.2, 0.25) is 5.91 Å². The Hall–Kier alpha value is -2.29. The lowest BCUT2D eigenvalue weighted by atomic mass is 10.1. The maximum absolute atomic E-state index is 11.1. The molecule has 0 atom stereocenters. The van der Waals surface area contributed by atoms with E-state index in [9.17, 15) is 9.90 Å². The molecule has 0 aliphatic carbocycles. The van der Waals surface area contributed by atoms with Crippen LogP contribution in [0.15, 0.2) is 49.1 Å². The number of aromatic hydroxyl groups is 1. The number of anilines is 1. The van der Waals surface area contributed by atoms with Gasteiger partial charge < -0.3 is 10.4 Å². The first-order valence-corrected chi connectivity index (χ1v) is 4.86. The SMILES string of the molecule is C=CC(=O)Nc1ccc2c(O)cccc2c1. The predicted octanol–water partition coefficient (Wildman–Crippen LogP) is 2.67. The Kier molecular flexibility index (Phi) is 2.60. The molecule has 0 unspecified atom stereocenters. The standard InChI is InChI=1S/C13H11NO2/c1-2-13(16)14-10-6-7-11-9(8-10)4-3-5-12(11)15/h2-8,15H,1H2,(H,14,16). The summed E-state index contributed by atoms with van der Waals surface area (Å²) in [6.07, 6.45) is 1.21. The first kappa shape index (κ1) is 10.2. The monoisotopic (exact) mass is 213 g/mol. The molecule has 0 aliphatic heterocycles. The van der Waals surface area contributed by atoms with Gasteiger partial charge in [0.15, 0.2) is 0 Å². The minimum absolute atomic E-state index is 0.235. The number of fused-ring (bicyclic) bond motifs is 1. The summed E-state index contributed by atoms with van der Waals surface area (Å²) in [6, 6.07) is 10.6. The van der Waals surface area contributed by atoms with E-state index in [1.165, 1.54) is 6.08 Å². The first-order valence-electron chi connectivity index (χ1n) is 4.86. The summed E-state index contributed by atoms with van der Waals surface area (Å²) in [6.45, 7) is 3.38. The maximum atomic E-state index is 11.1. The number of hydrogen-bond acceptors (Lipinski definition) is 2. The second kappa shape index (κ2) is 4.06. The molecule has 0 heterocycles. The van der Waals surface area contributed by atoms with Crippen LogP contribution in [0.1, 0.15) is 0 Å². The number of phenols is 1. The van der Waals surface area contributed by atoms with Crippen LogP contribution < -0.4 is 5.32 Å². The van der Waals surface area contributed by atoms with Crippen molar-refractivity contribution in [1.29, 1.82) is 0 Å². The number of phenolic OH excluding ortho intramolecular Hbond substituents is 1. The lowest BCUT2D eigenvalue weighted by Crippen LogP contribution is -2.06. The summed E-state index contributed by atoms with van der Waals surface area (Å²) in [5, 5.41) is 13.9. The van der Waals surface area contributed by atoms with Crippen LogP contribution in [0, 0.1) is 0 Å². The molecular weight excluding hydrogens is 202 g/mol. The van der Waals surface area contributed by atoms with Gasteiger partial charge in [-0.3, -0.25) is 4.79 Å². The van der Waals surface area contributed by atoms with Gasteiger partial charge in [0.05, 0.1) is 0 Å². The van der Waals surface area contributed by atoms with Gasteiger partial charge in [0, 0.05) is 11.1 Å². The average Bonchev–Trinajstić information content (AvgIpc) is 2.29. The summed E-state index contributed by atoms with van der Waals surface area (Å²) < 4.78 is 0. The quantitative estimate of drug-likeness (QED) is 0.753. The molecule has 0 spiro atoms. The Bertz CT molecular complexity index is 561. The minimum Gasteiger partial charge on any atom is -0.507 e. The zero-order chi connectivity index (χ0) is 11.5. The number of rotatable bonds is 2. The molecule has 0 radical (unpaired) electrons.